The van der Waals surface area contributed by atoms with Crippen molar-refractivity contribution in [2.75, 3.05) is 0 Å². The summed E-state index contributed by atoms with van der Waals surface area (Å²) >= 11 is 6.03. The molecule has 1 fully saturated rings. The fourth-order valence-electron chi connectivity index (χ4n) is 1.82. The van der Waals surface area contributed by atoms with E-state index in [1.807, 2.05) is 0 Å². The van der Waals surface area contributed by atoms with Crippen LogP contribution in [0.2, 0.25) is 5.02 Å². The highest BCUT2D eigenvalue weighted by Crippen LogP contribution is 2.54. The van der Waals surface area contributed by atoms with Gasteiger partial charge in [-0.25, -0.2) is 4.39 Å². The fraction of sp³-hybridized carbons (Fsp3) is 0.417. The Labute approximate surface area is 98.8 Å². The Balaban J connectivity index is 2.42. The van der Waals surface area contributed by atoms with E-state index in [-0.39, 0.29) is 5.82 Å². The predicted octanol–water partition coefficient (Wildman–Crippen LogP) is 3.09. The van der Waals surface area contributed by atoms with Crippen molar-refractivity contribution in [2.24, 2.45) is 11.1 Å². The Hall–Kier alpha value is -1.11. The van der Waals surface area contributed by atoms with Crippen molar-refractivity contribution < 1.29 is 4.39 Å². The molecule has 0 aromatic heterocycles. The largest absolute Gasteiger partial charge is 0.323 e. The average Bonchev–Trinajstić information content (AvgIpc) is 3.03. The third-order valence-corrected chi connectivity index (χ3v) is 3.55. The van der Waals surface area contributed by atoms with Gasteiger partial charge in [-0.05, 0) is 43.0 Å². The maximum absolute atomic E-state index is 13.4. The topological polar surface area (TPSA) is 49.8 Å². The van der Waals surface area contributed by atoms with Crippen LogP contribution in [0.3, 0.4) is 0 Å². The zero-order valence-corrected chi connectivity index (χ0v) is 9.68. The van der Waals surface area contributed by atoms with Gasteiger partial charge < -0.3 is 5.73 Å². The van der Waals surface area contributed by atoms with Crippen molar-refractivity contribution in [2.45, 2.75) is 25.8 Å². The lowest BCUT2D eigenvalue weighted by atomic mass is 9.91. The predicted molar refractivity (Wildman–Crippen MR) is 60.4 cm³/mol. The molecule has 1 aromatic carbocycles. The molecule has 0 radical (unpaired) electrons. The number of nitrogens with two attached hydrogens (primary N) is 1. The van der Waals surface area contributed by atoms with Crippen LogP contribution < -0.4 is 5.73 Å². The van der Waals surface area contributed by atoms with Gasteiger partial charge in [-0.1, -0.05) is 11.6 Å². The summed E-state index contributed by atoms with van der Waals surface area (Å²) in [4.78, 5) is 0. The second kappa shape index (κ2) is 3.73. The minimum absolute atomic E-state index is 0.330. The summed E-state index contributed by atoms with van der Waals surface area (Å²) in [6.45, 7) is 1.65. The zero-order chi connectivity index (χ0) is 11.9. The molecule has 0 amide bonds. The molecule has 0 saturated heterocycles. The first kappa shape index (κ1) is 11.4. The van der Waals surface area contributed by atoms with Crippen molar-refractivity contribution in [3.63, 3.8) is 0 Å². The first-order valence-corrected chi connectivity index (χ1v) is 5.50. The van der Waals surface area contributed by atoms with Gasteiger partial charge in [-0.15, -0.1) is 0 Å². The van der Waals surface area contributed by atoms with Gasteiger partial charge in [0.15, 0.2) is 0 Å². The zero-order valence-electron chi connectivity index (χ0n) is 8.93. The second-order valence-corrected chi connectivity index (χ2v) is 4.78. The molecule has 2 nitrogen and oxygen atoms in total. The van der Waals surface area contributed by atoms with E-state index in [1.54, 1.807) is 13.0 Å². The molecule has 0 aliphatic heterocycles. The summed E-state index contributed by atoms with van der Waals surface area (Å²) in [7, 11) is 0. The van der Waals surface area contributed by atoms with Crippen molar-refractivity contribution in [1.82, 2.24) is 0 Å². The summed E-state index contributed by atoms with van der Waals surface area (Å²) in [6, 6.07) is 4.61. The van der Waals surface area contributed by atoms with Crippen LogP contribution in [0.25, 0.3) is 0 Å². The maximum atomic E-state index is 13.4. The molecule has 1 atom stereocenters. The Morgan fingerprint density at radius 1 is 1.56 bits per heavy atom. The van der Waals surface area contributed by atoms with Crippen LogP contribution in [0.5, 0.6) is 0 Å². The first-order chi connectivity index (χ1) is 7.50. The molecule has 1 aromatic rings. The lowest BCUT2D eigenvalue weighted by Crippen LogP contribution is -2.22. The van der Waals surface area contributed by atoms with Crippen LogP contribution in [0.1, 0.15) is 30.0 Å². The van der Waals surface area contributed by atoms with Gasteiger partial charge in [0.2, 0.25) is 0 Å². The smallest absolute Gasteiger partial charge is 0.126 e. The number of benzene rings is 1. The fourth-order valence-corrected chi connectivity index (χ4v) is 2.16. The molecule has 0 spiro atoms. The molecule has 0 heterocycles. The van der Waals surface area contributed by atoms with E-state index in [1.165, 1.54) is 6.07 Å². The molecule has 16 heavy (non-hydrogen) atoms. The minimum Gasteiger partial charge on any atom is -0.323 e. The van der Waals surface area contributed by atoms with E-state index >= 15 is 0 Å². The standard InChI is InChI=1S/C12H12ClFN2/c1-7-4-9(13)8(5-10(7)14)11(16)12(6-15)2-3-12/h4-5,11H,2-3,16H2,1H3. The SMILES string of the molecule is Cc1cc(Cl)c(C(N)C2(C#N)CC2)cc1F. The molecule has 2 rings (SSSR count). The Kier molecular flexibility index (Phi) is 2.65. The van der Waals surface area contributed by atoms with Gasteiger partial charge >= 0.3 is 0 Å². The summed E-state index contributed by atoms with van der Waals surface area (Å²) < 4.78 is 13.4. The van der Waals surface area contributed by atoms with E-state index in [2.05, 4.69) is 6.07 Å². The molecular weight excluding hydrogens is 227 g/mol. The lowest BCUT2D eigenvalue weighted by Gasteiger charge is -2.18. The minimum atomic E-state index is -0.536. The van der Waals surface area contributed by atoms with Crippen molar-refractivity contribution in [1.29, 1.82) is 5.26 Å². The van der Waals surface area contributed by atoms with E-state index in [0.29, 0.717) is 16.1 Å². The van der Waals surface area contributed by atoms with Crippen molar-refractivity contribution >= 4 is 11.6 Å². The highest BCUT2D eigenvalue weighted by Gasteiger charge is 2.49. The van der Waals surface area contributed by atoms with E-state index in [9.17, 15) is 4.39 Å². The monoisotopic (exact) mass is 238 g/mol. The maximum Gasteiger partial charge on any atom is 0.126 e. The summed E-state index contributed by atoms with van der Waals surface area (Å²) in [6.07, 6.45) is 1.52. The first-order valence-electron chi connectivity index (χ1n) is 5.12. The number of nitrogens with zero attached hydrogens (tertiary/aromatic N) is 1. The van der Waals surface area contributed by atoms with Crippen molar-refractivity contribution in [3.05, 3.63) is 34.1 Å². The number of hydrogen-bond acceptors (Lipinski definition) is 2. The van der Waals surface area contributed by atoms with Crippen LogP contribution >= 0.6 is 11.6 Å². The number of aryl methyl sites for hydroxylation is 1. The third kappa shape index (κ3) is 1.68. The number of halogens is 2. The number of nitriles is 1. The quantitative estimate of drug-likeness (QED) is 0.861. The van der Waals surface area contributed by atoms with Gasteiger partial charge in [0.1, 0.15) is 5.82 Å². The highest BCUT2D eigenvalue weighted by atomic mass is 35.5. The van der Waals surface area contributed by atoms with Crippen LogP contribution in [0, 0.1) is 29.5 Å². The number of hydrogen-bond donors (Lipinski definition) is 1. The molecule has 0 bridgehead atoms. The Morgan fingerprint density at radius 3 is 2.69 bits per heavy atom. The van der Waals surface area contributed by atoms with Crippen LogP contribution in [-0.4, -0.2) is 0 Å². The molecule has 1 aliphatic carbocycles. The Bertz CT molecular complexity index is 475. The van der Waals surface area contributed by atoms with E-state index < -0.39 is 11.5 Å². The summed E-state index contributed by atoms with van der Waals surface area (Å²) in [5.41, 5.74) is 6.48. The van der Waals surface area contributed by atoms with Gasteiger partial charge in [0.25, 0.3) is 0 Å². The second-order valence-electron chi connectivity index (χ2n) is 4.37. The summed E-state index contributed by atoms with van der Waals surface area (Å²) in [5.74, 6) is -0.330. The van der Waals surface area contributed by atoms with Gasteiger partial charge in [-0.2, -0.15) is 5.26 Å². The molecule has 1 saturated carbocycles. The van der Waals surface area contributed by atoms with Crippen molar-refractivity contribution in [3.8, 4) is 6.07 Å². The van der Waals surface area contributed by atoms with E-state index in [4.69, 9.17) is 22.6 Å². The van der Waals surface area contributed by atoms with Crippen LogP contribution in [0.4, 0.5) is 4.39 Å². The molecular formula is C12H12ClFN2. The van der Waals surface area contributed by atoms with Gasteiger partial charge in [-0.3, -0.25) is 0 Å². The Morgan fingerprint density at radius 2 is 2.19 bits per heavy atom. The number of rotatable bonds is 2. The molecule has 4 heteroatoms. The molecule has 1 aliphatic rings. The molecule has 84 valence electrons. The van der Waals surface area contributed by atoms with Gasteiger partial charge in [0, 0.05) is 11.1 Å². The van der Waals surface area contributed by atoms with Gasteiger partial charge in [0.05, 0.1) is 11.5 Å². The van der Waals surface area contributed by atoms with Crippen LogP contribution in [-0.2, 0) is 0 Å². The van der Waals surface area contributed by atoms with E-state index in [0.717, 1.165) is 12.8 Å². The molecule has 2 N–H and O–H groups in total. The molecule has 1 unspecified atom stereocenters. The summed E-state index contributed by atoms with van der Waals surface area (Å²) in [5, 5.41) is 9.47. The van der Waals surface area contributed by atoms with Crippen LogP contribution in [0.15, 0.2) is 12.1 Å². The average molecular weight is 239 g/mol. The lowest BCUT2D eigenvalue weighted by molar-refractivity contribution is 0.514. The highest BCUT2D eigenvalue weighted by molar-refractivity contribution is 6.31. The normalized spacial score (nSPS) is 18.9. The third-order valence-electron chi connectivity index (χ3n) is 3.22.